The Kier molecular flexibility index (Phi) is 5.02. The molecule has 26 heavy (non-hydrogen) atoms. The Morgan fingerprint density at radius 3 is 2.15 bits per heavy atom. The van der Waals surface area contributed by atoms with Crippen LogP contribution in [0.3, 0.4) is 0 Å². The van der Waals surface area contributed by atoms with Crippen molar-refractivity contribution in [2.75, 3.05) is 0 Å². The predicted molar refractivity (Wildman–Crippen MR) is 93.7 cm³/mol. The molecule has 0 aliphatic heterocycles. The molecule has 0 amide bonds. The Balaban J connectivity index is 1.76. The van der Waals surface area contributed by atoms with Gasteiger partial charge in [0.25, 0.3) is 5.69 Å². The van der Waals surface area contributed by atoms with Crippen LogP contribution in [-0.2, 0) is 20.8 Å². The van der Waals surface area contributed by atoms with Crippen LogP contribution in [0.15, 0.2) is 54.6 Å². The molecule has 0 atom stereocenters. The van der Waals surface area contributed by atoms with Crippen LogP contribution in [0.4, 0.5) is 5.69 Å². The van der Waals surface area contributed by atoms with Gasteiger partial charge in [-0.05, 0) is 11.5 Å². The third-order valence-corrected chi connectivity index (χ3v) is 4.69. The Hall–Kier alpha value is -3.15. The average Bonchev–Trinajstić information content (AvgIpc) is 2.62. The Labute approximate surface area is 150 Å². The van der Waals surface area contributed by atoms with Gasteiger partial charge in [-0.15, -0.1) is 0 Å². The molecule has 3 rings (SSSR count). The molecule has 0 saturated heterocycles. The van der Waals surface area contributed by atoms with Crippen LogP contribution >= 0.6 is 0 Å². The van der Waals surface area contributed by atoms with Gasteiger partial charge < -0.3 is 0 Å². The van der Waals surface area contributed by atoms with Crippen molar-refractivity contribution < 1.29 is 19.3 Å². The Morgan fingerprint density at radius 2 is 1.54 bits per heavy atom. The predicted octanol–water partition coefficient (Wildman–Crippen LogP) is 3.04. The van der Waals surface area contributed by atoms with Crippen molar-refractivity contribution in [1.29, 1.82) is 0 Å². The smallest absolute Gasteiger partial charge is 0.273 e. The molecule has 1 fully saturated rings. The summed E-state index contributed by atoms with van der Waals surface area (Å²) < 4.78 is 0. The lowest BCUT2D eigenvalue weighted by Gasteiger charge is -2.25. The highest BCUT2D eigenvalue weighted by Crippen LogP contribution is 2.33. The van der Waals surface area contributed by atoms with E-state index in [1.165, 1.54) is 18.2 Å². The van der Waals surface area contributed by atoms with Gasteiger partial charge in [-0.3, -0.25) is 24.5 Å². The number of carbonyl (C=O) groups is 3. The third-order valence-electron chi connectivity index (χ3n) is 4.69. The summed E-state index contributed by atoms with van der Waals surface area (Å²) in [7, 11) is 0. The topological polar surface area (TPSA) is 94.3 Å². The number of nitro benzene ring substituents is 1. The van der Waals surface area contributed by atoms with Gasteiger partial charge in [0.05, 0.1) is 4.92 Å². The standard InChI is InChI=1S/C20H17NO5/c22-17(10-14-8-4-5-9-16(14)21(25)26)20-18(23)11-15(12-19(20)24)13-6-2-1-3-7-13/h1-9,15,20H,10-12H2. The fourth-order valence-electron chi connectivity index (χ4n) is 3.42. The molecule has 0 N–H and O–H groups in total. The molecule has 132 valence electrons. The maximum atomic E-state index is 12.5. The summed E-state index contributed by atoms with van der Waals surface area (Å²) in [5.41, 5.74) is 0.936. The number of hydrogen-bond acceptors (Lipinski definition) is 5. The van der Waals surface area contributed by atoms with Gasteiger partial charge in [0, 0.05) is 30.9 Å². The number of benzene rings is 2. The second kappa shape index (κ2) is 7.39. The molecular weight excluding hydrogens is 334 g/mol. The fourth-order valence-corrected chi connectivity index (χ4v) is 3.42. The first-order valence-electron chi connectivity index (χ1n) is 8.32. The maximum absolute atomic E-state index is 12.5. The lowest BCUT2D eigenvalue weighted by atomic mass is 9.74. The first kappa shape index (κ1) is 17.7. The first-order chi connectivity index (χ1) is 12.5. The van der Waals surface area contributed by atoms with E-state index in [2.05, 4.69) is 0 Å². The van der Waals surface area contributed by atoms with Crippen LogP contribution in [0.25, 0.3) is 0 Å². The van der Waals surface area contributed by atoms with Gasteiger partial charge in [-0.2, -0.15) is 0 Å². The van der Waals surface area contributed by atoms with Crippen molar-refractivity contribution >= 4 is 23.0 Å². The Morgan fingerprint density at radius 1 is 0.962 bits per heavy atom. The lowest BCUT2D eigenvalue weighted by molar-refractivity contribution is -0.385. The van der Waals surface area contributed by atoms with Crippen LogP contribution in [0.2, 0.25) is 0 Å². The molecule has 0 aromatic heterocycles. The molecule has 0 heterocycles. The number of Topliss-reactive ketones (excluding diaryl/α,β-unsaturated/α-hetero) is 3. The first-order valence-corrected chi connectivity index (χ1v) is 8.32. The van der Waals surface area contributed by atoms with Crippen molar-refractivity contribution in [3.05, 3.63) is 75.8 Å². The highest BCUT2D eigenvalue weighted by molar-refractivity contribution is 6.21. The minimum atomic E-state index is -1.31. The molecule has 0 radical (unpaired) electrons. The van der Waals surface area contributed by atoms with E-state index in [4.69, 9.17) is 0 Å². The molecule has 1 aliphatic rings. The summed E-state index contributed by atoms with van der Waals surface area (Å²) >= 11 is 0. The molecule has 2 aromatic carbocycles. The molecule has 0 unspecified atom stereocenters. The van der Waals surface area contributed by atoms with Crippen LogP contribution in [0.1, 0.15) is 29.9 Å². The summed E-state index contributed by atoms with van der Waals surface area (Å²) in [6.07, 6.45) is -0.0403. The van der Waals surface area contributed by atoms with E-state index < -0.39 is 28.2 Å². The van der Waals surface area contributed by atoms with Crippen molar-refractivity contribution in [2.45, 2.75) is 25.2 Å². The largest absolute Gasteiger partial charge is 0.298 e. The summed E-state index contributed by atoms with van der Waals surface area (Å²) in [6, 6.07) is 15.1. The number of rotatable bonds is 5. The van der Waals surface area contributed by atoms with E-state index in [0.29, 0.717) is 0 Å². The summed E-state index contributed by atoms with van der Waals surface area (Å²) in [5.74, 6) is -2.90. The summed E-state index contributed by atoms with van der Waals surface area (Å²) in [6.45, 7) is 0. The van der Waals surface area contributed by atoms with Gasteiger partial charge in [0.1, 0.15) is 5.92 Å². The molecule has 1 aliphatic carbocycles. The van der Waals surface area contributed by atoms with E-state index in [0.717, 1.165) is 5.56 Å². The van der Waals surface area contributed by atoms with Crippen molar-refractivity contribution in [1.82, 2.24) is 0 Å². The Bertz CT molecular complexity index is 857. The normalized spacial score (nSPS) is 20.0. The average molecular weight is 351 g/mol. The molecule has 6 heteroatoms. The molecule has 0 bridgehead atoms. The molecular formula is C20H17NO5. The van der Waals surface area contributed by atoms with E-state index in [1.807, 2.05) is 30.3 Å². The number of para-hydroxylation sites is 1. The number of hydrogen-bond donors (Lipinski definition) is 0. The SMILES string of the molecule is O=C(Cc1ccccc1[N+](=O)[O-])C1C(=O)CC(c2ccccc2)CC1=O. The fraction of sp³-hybridized carbons (Fsp3) is 0.250. The molecule has 1 saturated carbocycles. The zero-order chi connectivity index (χ0) is 18.7. The quantitative estimate of drug-likeness (QED) is 0.469. The highest BCUT2D eigenvalue weighted by Gasteiger charge is 2.40. The number of nitro groups is 1. The molecule has 0 spiro atoms. The van der Waals surface area contributed by atoms with Crippen LogP contribution < -0.4 is 0 Å². The van der Waals surface area contributed by atoms with Crippen molar-refractivity contribution in [3.8, 4) is 0 Å². The van der Waals surface area contributed by atoms with E-state index >= 15 is 0 Å². The van der Waals surface area contributed by atoms with Crippen LogP contribution in [0.5, 0.6) is 0 Å². The van der Waals surface area contributed by atoms with Gasteiger partial charge in [-0.1, -0.05) is 48.5 Å². The van der Waals surface area contributed by atoms with Gasteiger partial charge in [0.2, 0.25) is 0 Å². The van der Waals surface area contributed by atoms with Crippen LogP contribution in [-0.4, -0.2) is 22.3 Å². The third kappa shape index (κ3) is 3.59. The van der Waals surface area contributed by atoms with E-state index in [1.54, 1.807) is 6.07 Å². The van der Waals surface area contributed by atoms with Gasteiger partial charge in [-0.25, -0.2) is 0 Å². The van der Waals surface area contributed by atoms with E-state index in [9.17, 15) is 24.5 Å². The van der Waals surface area contributed by atoms with Gasteiger partial charge in [0.15, 0.2) is 17.3 Å². The zero-order valence-electron chi connectivity index (χ0n) is 14.0. The summed E-state index contributed by atoms with van der Waals surface area (Å²) in [5, 5.41) is 11.1. The minimum Gasteiger partial charge on any atom is -0.298 e. The van der Waals surface area contributed by atoms with Gasteiger partial charge >= 0.3 is 0 Å². The lowest BCUT2D eigenvalue weighted by Crippen LogP contribution is -2.38. The number of ketones is 3. The number of nitrogens with zero attached hydrogens (tertiary/aromatic N) is 1. The van der Waals surface area contributed by atoms with E-state index in [-0.39, 0.29) is 36.4 Å². The highest BCUT2D eigenvalue weighted by atomic mass is 16.6. The summed E-state index contributed by atoms with van der Waals surface area (Å²) in [4.78, 5) is 48.0. The zero-order valence-corrected chi connectivity index (χ0v) is 14.0. The van der Waals surface area contributed by atoms with Crippen molar-refractivity contribution in [3.63, 3.8) is 0 Å². The number of carbonyl (C=O) groups excluding carboxylic acids is 3. The monoisotopic (exact) mass is 351 g/mol. The second-order valence-electron chi connectivity index (χ2n) is 6.41. The van der Waals surface area contributed by atoms with Crippen LogP contribution in [0, 0.1) is 16.0 Å². The second-order valence-corrected chi connectivity index (χ2v) is 6.41. The maximum Gasteiger partial charge on any atom is 0.273 e. The van der Waals surface area contributed by atoms with Crippen molar-refractivity contribution in [2.24, 2.45) is 5.92 Å². The minimum absolute atomic E-state index is 0.128. The molecule has 6 nitrogen and oxygen atoms in total. The molecule has 2 aromatic rings.